The third-order valence-electron chi connectivity index (χ3n) is 4.86. The van der Waals surface area contributed by atoms with Gasteiger partial charge in [0.15, 0.2) is 0 Å². The van der Waals surface area contributed by atoms with E-state index in [0.717, 1.165) is 18.5 Å². The number of aliphatic hydroxyl groups is 1. The fourth-order valence-electron chi connectivity index (χ4n) is 3.56. The standard InChI is InChI=1S/C19H24FN3O2/c1-3-17-16(12-22(2)21-17)19(25)23-10-4-5-15(23)11-18(24)13-6-8-14(20)9-7-13/h6-9,12,15,18,24H,3-5,10-11H2,1-2H3. The van der Waals surface area contributed by atoms with Crippen molar-refractivity contribution in [3.8, 4) is 0 Å². The number of benzene rings is 1. The fraction of sp³-hybridized carbons (Fsp3) is 0.474. The molecule has 1 aromatic carbocycles. The van der Waals surface area contributed by atoms with Gasteiger partial charge in [-0.2, -0.15) is 5.10 Å². The van der Waals surface area contributed by atoms with Crippen LogP contribution < -0.4 is 0 Å². The average molecular weight is 345 g/mol. The molecule has 2 heterocycles. The van der Waals surface area contributed by atoms with E-state index in [-0.39, 0.29) is 17.8 Å². The van der Waals surface area contributed by atoms with Gasteiger partial charge in [-0.1, -0.05) is 19.1 Å². The van der Waals surface area contributed by atoms with Crippen LogP contribution in [0, 0.1) is 5.82 Å². The Bertz CT molecular complexity index is 742. The van der Waals surface area contributed by atoms with Crippen LogP contribution in [0.5, 0.6) is 0 Å². The smallest absolute Gasteiger partial charge is 0.257 e. The number of halogens is 1. The minimum absolute atomic E-state index is 0.0150. The first kappa shape index (κ1) is 17.6. The lowest BCUT2D eigenvalue weighted by atomic mass is 10.00. The molecular formula is C19H24FN3O2. The summed E-state index contributed by atoms with van der Waals surface area (Å²) in [6.07, 6.45) is 4.02. The van der Waals surface area contributed by atoms with Crippen LogP contribution in [-0.2, 0) is 13.5 Å². The molecule has 0 saturated carbocycles. The van der Waals surface area contributed by atoms with Gasteiger partial charge < -0.3 is 10.0 Å². The predicted octanol–water partition coefficient (Wildman–Crippen LogP) is 2.85. The number of carbonyl (C=O) groups excluding carboxylic acids is 1. The molecular weight excluding hydrogens is 321 g/mol. The highest BCUT2D eigenvalue weighted by Gasteiger charge is 2.32. The summed E-state index contributed by atoms with van der Waals surface area (Å²) in [7, 11) is 1.82. The zero-order valence-electron chi connectivity index (χ0n) is 14.7. The molecule has 0 spiro atoms. The molecule has 0 aliphatic carbocycles. The van der Waals surface area contributed by atoms with Crippen molar-refractivity contribution in [2.24, 2.45) is 7.05 Å². The molecule has 0 bridgehead atoms. The maximum atomic E-state index is 13.0. The van der Waals surface area contributed by atoms with Crippen LogP contribution in [0.3, 0.4) is 0 Å². The number of likely N-dealkylation sites (tertiary alicyclic amines) is 1. The summed E-state index contributed by atoms with van der Waals surface area (Å²) in [6, 6.07) is 5.87. The van der Waals surface area contributed by atoms with E-state index < -0.39 is 6.10 Å². The summed E-state index contributed by atoms with van der Waals surface area (Å²) >= 11 is 0. The van der Waals surface area contributed by atoms with Crippen molar-refractivity contribution in [3.05, 3.63) is 53.1 Å². The second kappa shape index (κ2) is 7.35. The van der Waals surface area contributed by atoms with Crippen LogP contribution in [0.15, 0.2) is 30.5 Å². The summed E-state index contributed by atoms with van der Waals surface area (Å²) in [5.41, 5.74) is 2.13. The maximum absolute atomic E-state index is 13.0. The Morgan fingerprint density at radius 2 is 2.12 bits per heavy atom. The van der Waals surface area contributed by atoms with E-state index >= 15 is 0 Å². The number of aliphatic hydroxyl groups excluding tert-OH is 1. The summed E-state index contributed by atoms with van der Waals surface area (Å²) in [6.45, 7) is 2.68. The van der Waals surface area contributed by atoms with Crippen LogP contribution >= 0.6 is 0 Å². The highest BCUT2D eigenvalue weighted by Crippen LogP contribution is 2.29. The summed E-state index contributed by atoms with van der Waals surface area (Å²) in [4.78, 5) is 14.8. The number of amides is 1. The van der Waals surface area contributed by atoms with Gasteiger partial charge in [0.2, 0.25) is 0 Å². The number of rotatable bonds is 5. The molecule has 2 aromatic rings. The number of aromatic nitrogens is 2. The lowest BCUT2D eigenvalue weighted by Gasteiger charge is -2.26. The highest BCUT2D eigenvalue weighted by atomic mass is 19.1. The monoisotopic (exact) mass is 345 g/mol. The second-order valence-corrected chi connectivity index (χ2v) is 6.61. The minimum Gasteiger partial charge on any atom is -0.388 e. The molecule has 25 heavy (non-hydrogen) atoms. The molecule has 0 radical (unpaired) electrons. The van der Waals surface area contributed by atoms with E-state index in [1.165, 1.54) is 12.1 Å². The average Bonchev–Trinajstić information content (AvgIpc) is 3.21. The van der Waals surface area contributed by atoms with Crippen molar-refractivity contribution in [2.45, 2.75) is 44.8 Å². The predicted molar refractivity (Wildman–Crippen MR) is 92.6 cm³/mol. The summed E-state index contributed by atoms with van der Waals surface area (Å²) in [5, 5.41) is 14.8. The Morgan fingerprint density at radius 1 is 1.40 bits per heavy atom. The van der Waals surface area contributed by atoms with Crippen molar-refractivity contribution >= 4 is 5.91 Å². The van der Waals surface area contributed by atoms with Crippen molar-refractivity contribution in [3.63, 3.8) is 0 Å². The van der Waals surface area contributed by atoms with Gasteiger partial charge in [-0.15, -0.1) is 0 Å². The molecule has 134 valence electrons. The molecule has 1 saturated heterocycles. The molecule has 2 atom stereocenters. The minimum atomic E-state index is -0.710. The van der Waals surface area contributed by atoms with E-state index in [4.69, 9.17) is 0 Å². The zero-order chi connectivity index (χ0) is 18.0. The summed E-state index contributed by atoms with van der Waals surface area (Å²) < 4.78 is 14.7. The molecule has 1 aliphatic heterocycles. The number of carbonyl (C=O) groups is 1. The van der Waals surface area contributed by atoms with Gasteiger partial charge in [-0.05, 0) is 43.4 Å². The van der Waals surface area contributed by atoms with Crippen molar-refractivity contribution in [1.82, 2.24) is 14.7 Å². The highest BCUT2D eigenvalue weighted by molar-refractivity contribution is 5.95. The lowest BCUT2D eigenvalue weighted by molar-refractivity contribution is 0.0666. The van der Waals surface area contributed by atoms with Gasteiger partial charge in [0.25, 0.3) is 5.91 Å². The molecule has 3 rings (SSSR count). The number of aryl methyl sites for hydroxylation is 2. The van der Waals surface area contributed by atoms with E-state index in [1.54, 1.807) is 23.0 Å². The topological polar surface area (TPSA) is 58.4 Å². The molecule has 1 aliphatic rings. The first-order valence-corrected chi connectivity index (χ1v) is 8.76. The Hall–Kier alpha value is -2.21. The molecule has 1 aromatic heterocycles. The largest absolute Gasteiger partial charge is 0.388 e. The Labute approximate surface area is 147 Å². The molecule has 2 unspecified atom stereocenters. The Balaban J connectivity index is 1.73. The van der Waals surface area contributed by atoms with Crippen LogP contribution in [0.1, 0.15) is 53.9 Å². The van der Waals surface area contributed by atoms with Gasteiger partial charge in [0, 0.05) is 25.8 Å². The van der Waals surface area contributed by atoms with E-state index in [2.05, 4.69) is 5.10 Å². The van der Waals surface area contributed by atoms with Crippen LogP contribution in [0.2, 0.25) is 0 Å². The summed E-state index contributed by atoms with van der Waals surface area (Å²) in [5.74, 6) is -0.337. The maximum Gasteiger partial charge on any atom is 0.257 e. The first-order valence-electron chi connectivity index (χ1n) is 8.76. The Kier molecular flexibility index (Phi) is 5.18. The third-order valence-corrected chi connectivity index (χ3v) is 4.86. The Morgan fingerprint density at radius 3 is 2.80 bits per heavy atom. The van der Waals surface area contributed by atoms with Gasteiger partial charge in [0.1, 0.15) is 5.82 Å². The normalized spacial score (nSPS) is 18.6. The van der Waals surface area contributed by atoms with Crippen LogP contribution in [0.4, 0.5) is 4.39 Å². The SMILES string of the molecule is CCc1nn(C)cc1C(=O)N1CCCC1CC(O)c1ccc(F)cc1. The third kappa shape index (κ3) is 3.74. The van der Waals surface area contributed by atoms with Crippen molar-refractivity contribution in [2.75, 3.05) is 6.54 Å². The van der Waals surface area contributed by atoms with E-state index in [9.17, 15) is 14.3 Å². The second-order valence-electron chi connectivity index (χ2n) is 6.61. The number of hydrogen-bond donors (Lipinski definition) is 1. The number of nitrogens with zero attached hydrogens (tertiary/aromatic N) is 3. The lowest BCUT2D eigenvalue weighted by Crippen LogP contribution is -2.36. The quantitative estimate of drug-likeness (QED) is 0.906. The first-order chi connectivity index (χ1) is 12.0. The molecule has 6 heteroatoms. The van der Waals surface area contributed by atoms with Gasteiger partial charge in [-0.25, -0.2) is 4.39 Å². The van der Waals surface area contributed by atoms with E-state index in [0.29, 0.717) is 30.5 Å². The van der Waals surface area contributed by atoms with Gasteiger partial charge in [-0.3, -0.25) is 9.48 Å². The van der Waals surface area contributed by atoms with Gasteiger partial charge >= 0.3 is 0 Å². The molecule has 1 N–H and O–H groups in total. The molecule has 1 fully saturated rings. The zero-order valence-corrected chi connectivity index (χ0v) is 14.7. The van der Waals surface area contributed by atoms with E-state index in [1.807, 2.05) is 18.9 Å². The van der Waals surface area contributed by atoms with Crippen LogP contribution in [0.25, 0.3) is 0 Å². The fourth-order valence-corrected chi connectivity index (χ4v) is 3.56. The van der Waals surface area contributed by atoms with Gasteiger partial charge in [0.05, 0.1) is 17.4 Å². The van der Waals surface area contributed by atoms with Crippen molar-refractivity contribution in [1.29, 1.82) is 0 Å². The van der Waals surface area contributed by atoms with Crippen molar-refractivity contribution < 1.29 is 14.3 Å². The molecule has 1 amide bonds. The molecule has 5 nitrogen and oxygen atoms in total. The number of hydrogen-bond acceptors (Lipinski definition) is 3. The van der Waals surface area contributed by atoms with Crippen LogP contribution in [-0.4, -0.2) is 38.3 Å².